The van der Waals surface area contributed by atoms with Crippen LogP contribution in [-0.4, -0.2) is 44.8 Å². The fraction of sp³-hybridized carbons (Fsp3) is 0.192. The molecule has 0 unspecified atom stereocenters. The van der Waals surface area contributed by atoms with Crippen molar-refractivity contribution in [3.05, 3.63) is 88.5 Å². The summed E-state index contributed by atoms with van der Waals surface area (Å²) in [5.41, 5.74) is 1.31. The molecule has 0 spiro atoms. The maximum absolute atomic E-state index is 13.6. The summed E-state index contributed by atoms with van der Waals surface area (Å²) in [6, 6.07) is 14.6. The summed E-state index contributed by atoms with van der Waals surface area (Å²) >= 11 is 0. The summed E-state index contributed by atoms with van der Waals surface area (Å²) in [6.07, 6.45) is -0.312. The lowest BCUT2D eigenvalue weighted by atomic mass is 9.97. The second-order valence-electron chi connectivity index (χ2n) is 7.97. The van der Waals surface area contributed by atoms with E-state index in [1.807, 2.05) is 6.92 Å². The maximum atomic E-state index is 13.6. The van der Waals surface area contributed by atoms with Crippen molar-refractivity contribution in [3.8, 4) is 5.75 Å². The molecule has 3 N–H and O–H groups in total. The molecular weight excluding hydrogens is 484 g/mol. The summed E-state index contributed by atoms with van der Waals surface area (Å²) in [6.45, 7) is 3.92. The van der Waals surface area contributed by atoms with Crippen molar-refractivity contribution in [3.63, 3.8) is 0 Å². The summed E-state index contributed by atoms with van der Waals surface area (Å²) in [7, 11) is -2.74. The molecule has 0 aromatic heterocycles. The van der Waals surface area contributed by atoms with Gasteiger partial charge in [0.1, 0.15) is 5.75 Å². The highest BCUT2D eigenvalue weighted by molar-refractivity contribution is 7.92. The van der Waals surface area contributed by atoms with Crippen molar-refractivity contribution >= 4 is 33.4 Å². The topological polar surface area (TPSA) is 139 Å². The van der Waals surface area contributed by atoms with Crippen LogP contribution in [0.25, 0.3) is 0 Å². The molecule has 10 heteroatoms. The van der Waals surface area contributed by atoms with Gasteiger partial charge in [0.15, 0.2) is 5.78 Å². The largest absolute Gasteiger partial charge is 0.496 e. The molecule has 0 heterocycles. The molecular formula is C26H26N2O7S. The van der Waals surface area contributed by atoms with E-state index in [-0.39, 0.29) is 39.4 Å². The van der Waals surface area contributed by atoms with Gasteiger partial charge in [-0.3, -0.25) is 19.1 Å². The molecule has 0 bridgehead atoms. The van der Waals surface area contributed by atoms with E-state index in [2.05, 4.69) is 10.0 Å². The molecule has 3 rings (SSSR count). The second kappa shape index (κ2) is 11.0. The Morgan fingerprint density at radius 1 is 0.944 bits per heavy atom. The Hall–Kier alpha value is -4.18. The Balaban J connectivity index is 2.13. The Morgan fingerprint density at radius 2 is 1.64 bits per heavy atom. The van der Waals surface area contributed by atoms with Gasteiger partial charge in [-0.05, 0) is 61.9 Å². The van der Waals surface area contributed by atoms with E-state index in [1.165, 1.54) is 55.6 Å². The molecule has 0 aliphatic heterocycles. The van der Waals surface area contributed by atoms with Gasteiger partial charge in [-0.1, -0.05) is 23.8 Å². The summed E-state index contributed by atoms with van der Waals surface area (Å²) in [4.78, 5) is 37.2. The van der Waals surface area contributed by atoms with Crippen LogP contribution >= 0.6 is 0 Å². The number of anilines is 1. The van der Waals surface area contributed by atoms with Gasteiger partial charge < -0.3 is 15.2 Å². The minimum absolute atomic E-state index is 0.0176. The van der Waals surface area contributed by atoms with Gasteiger partial charge >= 0.3 is 5.97 Å². The number of nitrogens with one attached hydrogen (secondary N) is 2. The zero-order valence-electron chi connectivity index (χ0n) is 20.0. The van der Waals surface area contributed by atoms with Crippen LogP contribution in [0, 0.1) is 6.92 Å². The van der Waals surface area contributed by atoms with Gasteiger partial charge in [0.25, 0.3) is 15.9 Å². The number of carbonyl (C=O) groups excluding carboxylic acids is 2. The number of ether oxygens (including phenoxy) is 1. The van der Waals surface area contributed by atoms with E-state index in [0.29, 0.717) is 12.1 Å². The van der Waals surface area contributed by atoms with Gasteiger partial charge in [0, 0.05) is 17.7 Å². The fourth-order valence-corrected chi connectivity index (χ4v) is 4.58. The first kappa shape index (κ1) is 26.4. The van der Waals surface area contributed by atoms with Crippen molar-refractivity contribution in [1.29, 1.82) is 0 Å². The average Bonchev–Trinajstić information content (AvgIpc) is 2.83. The number of methoxy groups -OCH3 is 1. The van der Waals surface area contributed by atoms with Crippen molar-refractivity contribution in [2.45, 2.75) is 25.2 Å². The van der Waals surface area contributed by atoms with Crippen LogP contribution in [0.2, 0.25) is 0 Å². The lowest BCUT2D eigenvalue weighted by Gasteiger charge is -2.16. The number of ketones is 1. The highest BCUT2D eigenvalue weighted by Crippen LogP contribution is 2.29. The van der Waals surface area contributed by atoms with Gasteiger partial charge in [-0.25, -0.2) is 8.42 Å². The van der Waals surface area contributed by atoms with Crippen molar-refractivity contribution in [2.24, 2.45) is 0 Å². The summed E-state index contributed by atoms with van der Waals surface area (Å²) in [5, 5.41) is 11.8. The zero-order valence-corrected chi connectivity index (χ0v) is 20.8. The molecule has 0 fully saturated rings. The number of sulfonamides is 1. The molecule has 36 heavy (non-hydrogen) atoms. The predicted molar refractivity (Wildman–Crippen MR) is 134 cm³/mol. The third-order valence-electron chi connectivity index (χ3n) is 5.30. The van der Waals surface area contributed by atoms with Gasteiger partial charge in [-0.15, -0.1) is 0 Å². The molecule has 188 valence electrons. The average molecular weight is 511 g/mol. The van der Waals surface area contributed by atoms with E-state index in [0.717, 1.165) is 5.56 Å². The van der Waals surface area contributed by atoms with Crippen LogP contribution in [0.15, 0.2) is 65.6 Å². The molecule has 0 saturated carbocycles. The number of carboxylic acids is 1. The zero-order chi connectivity index (χ0) is 26.5. The first-order chi connectivity index (χ1) is 17.1. The maximum Gasteiger partial charge on any atom is 0.307 e. The molecule has 0 radical (unpaired) electrons. The van der Waals surface area contributed by atoms with Gasteiger partial charge in [-0.2, -0.15) is 0 Å². The lowest BCUT2D eigenvalue weighted by molar-refractivity contribution is -0.136. The first-order valence-electron chi connectivity index (χ1n) is 11.0. The van der Waals surface area contributed by atoms with Crippen molar-refractivity contribution in [2.75, 3.05) is 18.4 Å². The number of amides is 1. The Kier molecular flexibility index (Phi) is 8.11. The number of aliphatic carboxylic acids is 1. The standard InChI is InChI=1S/C26H26N2O7S/c1-4-27-26(32)18-8-11-20(22(15-18)28-36(33,34)19-9-5-16(2)6-10-19)25(31)21-13-17(14-24(29)30)7-12-23(21)35-3/h5-13,15,28H,4,14H2,1-3H3,(H,27,32)(H,29,30). The molecule has 0 aliphatic carbocycles. The first-order valence-corrected chi connectivity index (χ1v) is 12.5. The van der Waals surface area contributed by atoms with Crippen LogP contribution in [0.1, 0.15) is 44.3 Å². The Bertz CT molecular complexity index is 1410. The molecule has 3 aromatic rings. The number of hydrogen-bond acceptors (Lipinski definition) is 6. The van der Waals surface area contributed by atoms with Gasteiger partial charge in [0.05, 0.1) is 29.7 Å². The summed E-state index contributed by atoms with van der Waals surface area (Å²) < 4.78 is 34.0. The molecule has 1 amide bonds. The molecule has 0 saturated heterocycles. The van der Waals surface area contributed by atoms with Crippen molar-refractivity contribution < 1.29 is 32.6 Å². The van der Waals surface area contributed by atoms with E-state index in [4.69, 9.17) is 9.84 Å². The molecule has 0 aliphatic rings. The monoisotopic (exact) mass is 510 g/mol. The van der Waals surface area contributed by atoms with Gasteiger partial charge in [0.2, 0.25) is 0 Å². The van der Waals surface area contributed by atoms with E-state index in [9.17, 15) is 22.8 Å². The lowest BCUT2D eigenvalue weighted by Crippen LogP contribution is -2.23. The minimum Gasteiger partial charge on any atom is -0.496 e. The van der Waals surface area contributed by atoms with E-state index in [1.54, 1.807) is 19.1 Å². The van der Waals surface area contributed by atoms with Crippen molar-refractivity contribution in [1.82, 2.24) is 5.32 Å². The molecule has 0 atom stereocenters. The number of carboxylic acid groups (broad SMARTS) is 1. The highest BCUT2D eigenvalue weighted by atomic mass is 32.2. The third-order valence-corrected chi connectivity index (χ3v) is 6.68. The number of carbonyl (C=O) groups is 3. The minimum atomic E-state index is -4.11. The fourth-order valence-electron chi connectivity index (χ4n) is 3.51. The van der Waals surface area contributed by atoms with Crippen LogP contribution in [0.5, 0.6) is 5.75 Å². The van der Waals surface area contributed by atoms with Crippen LogP contribution < -0.4 is 14.8 Å². The number of hydrogen-bond donors (Lipinski definition) is 3. The number of benzene rings is 3. The SMILES string of the molecule is CCNC(=O)c1ccc(C(=O)c2cc(CC(=O)O)ccc2OC)c(NS(=O)(=O)c2ccc(C)cc2)c1. The summed E-state index contributed by atoms with van der Waals surface area (Å²) in [5.74, 6) is -1.93. The normalized spacial score (nSPS) is 11.0. The second-order valence-corrected chi connectivity index (χ2v) is 9.66. The third kappa shape index (κ3) is 6.08. The Morgan fingerprint density at radius 3 is 2.25 bits per heavy atom. The smallest absolute Gasteiger partial charge is 0.307 e. The van der Waals surface area contributed by atoms with E-state index < -0.39 is 27.7 Å². The number of aryl methyl sites for hydroxylation is 1. The van der Waals surface area contributed by atoms with Crippen LogP contribution in [0.3, 0.4) is 0 Å². The van der Waals surface area contributed by atoms with E-state index >= 15 is 0 Å². The number of rotatable bonds is 10. The molecule has 9 nitrogen and oxygen atoms in total. The molecule has 3 aromatic carbocycles. The quantitative estimate of drug-likeness (QED) is 0.355. The van der Waals surface area contributed by atoms with Crippen LogP contribution in [-0.2, 0) is 21.2 Å². The van der Waals surface area contributed by atoms with Crippen LogP contribution in [0.4, 0.5) is 5.69 Å². The highest BCUT2D eigenvalue weighted by Gasteiger charge is 2.24. The predicted octanol–water partition coefficient (Wildman–Crippen LogP) is 3.41. The Labute approximate surface area is 209 Å².